The van der Waals surface area contributed by atoms with Crippen molar-refractivity contribution in [3.8, 4) is 0 Å². The quantitative estimate of drug-likeness (QED) is 0.905. The van der Waals surface area contributed by atoms with E-state index in [0.29, 0.717) is 12.6 Å². The maximum Gasteiger partial charge on any atom is 0.0482 e. The van der Waals surface area contributed by atoms with Crippen LogP contribution in [0.3, 0.4) is 0 Å². The Bertz CT molecular complexity index is 473. The van der Waals surface area contributed by atoms with Crippen molar-refractivity contribution in [2.75, 3.05) is 32.7 Å². The maximum absolute atomic E-state index is 6.09. The smallest absolute Gasteiger partial charge is 0.0482 e. The second-order valence-electron chi connectivity index (χ2n) is 6.97. The average molecular weight is 354 g/mol. The minimum atomic E-state index is 0.259. The summed E-state index contributed by atoms with van der Waals surface area (Å²) in [6.45, 7) is 14.1. The van der Waals surface area contributed by atoms with Crippen molar-refractivity contribution in [3.63, 3.8) is 0 Å². The third kappa shape index (κ3) is 4.07. The fourth-order valence-corrected chi connectivity index (χ4v) is 3.84. The highest BCUT2D eigenvalue weighted by Crippen LogP contribution is 2.29. The van der Waals surface area contributed by atoms with Crippen molar-refractivity contribution in [1.82, 2.24) is 9.80 Å². The fourth-order valence-electron chi connectivity index (χ4n) is 3.08. The van der Waals surface area contributed by atoms with Gasteiger partial charge in [-0.05, 0) is 44.9 Å². The topological polar surface area (TPSA) is 32.5 Å². The van der Waals surface area contributed by atoms with Gasteiger partial charge in [-0.1, -0.05) is 28.1 Å². The summed E-state index contributed by atoms with van der Waals surface area (Å²) in [5, 5.41) is 0. The number of rotatable bonds is 3. The lowest BCUT2D eigenvalue weighted by molar-refractivity contribution is 0.0432. The van der Waals surface area contributed by atoms with Crippen molar-refractivity contribution in [1.29, 1.82) is 0 Å². The normalized spacial score (nSPS) is 19.7. The van der Waals surface area contributed by atoms with Crippen LogP contribution in [0.2, 0.25) is 0 Å². The summed E-state index contributed by atoms with van der Waals surface area (Å²) in [6.07, 6.45) is 0. The van der Waals surface area contributed by atoms with E-state index in [1.807, 2.05) is 0 Å². The van der Waals surface area contributed by atoms with Crippen molar-refractivity contribution in [2.24, 2.45) is 5.73 Å². The first-order valence-corrected chi connectivity index (χ1v) is 8.57. The number of halogens is 1. The molecule has 1 unspecified atom stereocenters. The Morgan fingerprint density at radius 3 is 2.29 bits per heavy atom. The van der Waals surface area contributed by atoms with E-state index in [2.05, 4.69) is 71.6 Å². The molecule has 4 heteroatoms. The van der Waals surface area contributed by atoms with Crippen LogP contribution in [-0.2, 0) is 0 Å². The van der Waals surface area contributed by atoms with Crippen LogP contribution >= 0.6 is 15.9 Å². The van der Waals surface area contributed by atoms with Crippen LogP contribution in [0.15, 0.2) is 22.7 Å². The van der Waals surface area contributed by atoms with Gasteiger partial charge in [0.1, 0.15) is 0 Å². The van der Waals surface area contributed by atoms with Crippen molar-refractivity contribution in [3.05, 3.63) is 33.8 Å². The molecule has 1 saturated heterocycles. The van der Waals surface area contributed by atoms with Gasteiger partial charge in [0.15, 0.2) is 0 Å². The van der Waals surface area contributed by atoms with E-state index in [0.717, 1.165) is 26.2 Å². The van der Waals surface area contributed by atoms with Gasteiger partial charge in [0, 0.05) is 48.8 Å². The zero-order chi connectivity index (χ0) is 15.6. The van der Waals surface area contributed by atoms with Gasteiger partial charge in [-0.15, -0.1) is 0 Å². The standard InChI is InChI=1S/C17H28BrN3/c1-13-5-6-14(15(18)11-13)16(12-19)20-7-9-21(10-8-20)17(2,3)4/h5-6,11,16H,7-10,12,19H2,1-4H3. The molecular weight excluding hydrogens is 326 g/mol. The van der Waals surface area contributed by atoms with Gasteiger partial charge in [-0.3, -0.25) is 9.80 Å². The molecule has 0 spiro atoms. The number of nitrogens with zero attached hydrogens (tertiary/aromatic N) is 2. The molecule has 0 bridgehead atoms. The Hall–Kier alpha value is -0.420. The van der Waals surface area contributed by atoms with Crippen LogP contribution in [0.4, 0.5) is 0 Å². The van der Waals surface area contributed by atoms with Gasteiger partial charge < -0.3 is 5.73 Å². The lowest BCUT2D eigenvalue weighted by atomic mass is 10.0. The zero-order valence-corrected chi connectivity index (χ0v) is 15.3. The molecule has 0 radical (unpaired) electrons. The molecule has 1 aliphatic heterocycles. The predicted molar refractivity (Wildman–Crippen MR) is 93.6 cm³/mol. The first-order valence-electron chi connectivity index (χ1n) is 7.78. The highest BCUT2D eigenvalue weighted by Gasteiger charge is 2.29. The average Bonchev–Trinajstić information content (AvgIpc) is 2.41. The molecule has 2 rings (SSSR count). The molecule has 0 amide bonds. The van der Waals surface area contributed by atoms with E-state index in [1.54, 1.807) is 0 Å². The molecular formula is C17H28BrN3. The highest BCUT2D eigenvalue weighted by atomic mass is 79.9. The third-order valence-electron chi connectivity index (χ3n) is 4.44. The molecule has 0 aromatic heterocycles. The Kier molecular flexibility index (Phi) is 5.47. The van der Waals surface area contributed by atoms with Crippen molar-refractivity contribution < 1.29 is 0 Å². The minimum absolute atomic E-state index is 0.259. The van der Waals surface area contributed by atoms with Gasteiger partial charge >= 0.3 is 0 Å². The summed E-state index contributed by atoms with van der Waals surface area (Å²) < 4.78 is 1.18. The zero-order valence-electron chi connectivity index (χ0n) is 13.7. The molecule has 21 heavy (non-hydrogen) atoms. The van der Waals surface area contributed by atoms with Crippen LogP contribution in [0.1, 0.15) is 37.9 Å². The fraction of sp³-hybridized carbons (Fsp3) is 0.647. The molecule has 1 heterocycles. The lowest BCUT2D eigenvalue weighted by Crippen LogP contribution is -2.54. The highest BCUT2D eigenvalue weighted by molar-refractivity contribution is 9.10. The van der Waals surface area contributed by atoms with Gasteiger partial charge in [0.25, 0.3) is 0 Å². The summed E-state index contributed by atoms with van der Waals surface area (Å²) in [5.41, 5.74) is 8.93. The Morgan fingerprint density at radius 1 is 1.19 bits per heavy atom. The van der Waals surface area contributed by atoms with Crippen LogP contribution in [0.5, 0.6) is 0 Å². The SMILES string of the molecule is Cc1ccc(C(CN)N2CCN(C(C)(C)C)CC2)c(Br)c1. The second-order valence-corrected chi connectivity index (χ2v) is 7.82. The van der Waals surface area contributed by atoms with Crippen molar-refractivity contribution >= 4 is 15.9 Å². The monoisotopic (exact) mass is 353 g/mol. The van der Waals surface area contributed by atoms with E-state index in [4.69, 9.17) is 5.73 Å². The molecule has 1 fully saturated rings. The van der Waals surface area contributed by atoms with E-state index in [9.17, 15) is 0 Å². The van der Waals surface area contributed by atoms with E-state index in [1.165, 1.54) is 15.6 Å². The maximum atomic E-state index is 6.09. The Balaban J connectivity index is 2.09. The molecule has 1 atom stereocenters. The third-order valence-corrected chi connectivity index (χ3v) is 5.13. The molecule has 3 nitrogen and oxygen atoms in total. The lowest BCUT2D eigenvalue weighted by Gasteiger charge is -2.44. The molecule has 1 aromatic rings. The summed E-state index contributed by atoms with van der Waals surface area (Å²) in [6, 6.07) is 6.88. The number of hydrogen-bond donors (Lipinski definition) is 1. The van der Waals surface area contributed by atoms with Gasteiger partial charge in [0.05, 0.1) is 0 Å². The molecule has 2 N–H and O–H groups in total. The molecule has 0 aliphatic carbocycles. The molecule has 118 valence electrons. The van der Waals surface area contributed by atoms with E-state index < -0.39 is 0 Å². The molecule has 1 aromatic carbocycles. The largest absolute Gasteiger partial charge is 0.329 e. The van der Waals surface area contributed by atoms with Crippen LogP contribution in [0, 0.1) is 6.92 Å². The Labute approximate surface area is 137 Å². The van der Waals surface area contributed by atoms with Crippen LogP contribution in [0.25, 0.3) is 0 Å². The summed E-state index contributed by atoms with van der Waals surface area (Å²) in [5.74, 6) is 0. The number of aryl methyl sites for hydroxylation is 1. The minimum Gasteiger partial charge on any atom is -0.329 e. The first-order chi connectivity index (χ1) is 9.82. The van der Waals surface area contributed by atoms with Crippen LogP contribution < -0.4 is 5.73 Å². The predicted octanol–water partition coefficient (Wildman–Crippen LogP) is 3.17. The number of nitrogens with two attached hydrogens (primary N) is 1. The summed E-state index contributed by atoms with van der Waals surface area (Å²) >= 11 is 3.71. The van der Waals surface area contributed by atoms with Gasteiger partial charge in [0.2, 0.25) is 0 Å². The number of hydrogen-bond acceptors (Lipinski definition) is 3. The number of benzene rings is 1. The van der Waals surface area contributed by atoms with Gasteiger partial charge in [-0.25, -0.2) is 0 Å². The Morgan fingerprint density at radius 2 is 1.81 bits per heavy atom. The second kappa shape index (κ2) is 6.78. The first kappa shape index (κ1) is 16.9. The molecule has 1 aliphatic rings. The van der Waals surface area contributed by atoms with E-state index in [-0.39, 0.29) is 5.54 Å². The van der Waals surface area contributed by atoms with E-state index >= 15 is 0 Å². The van der Waals surface area contributed by atoms with Crippen LogP contribution in [-0.4, -0.2) is 48.1 Å². The summed E-state index contributed by atoms with van der Waals surface area (Å²) in [4.78, 5) is 5.08. The number of piperazine rings is 1. The molecule has 0 saturated carbocycles. The van der Waals surface area contributed by atoms with Gasteiger partial charge in [-0.2, -0.15) is 0 Å². The summed E-state index contributed by atoms with van der Waals surface area (Å²) in [7, 11) is 0. The van der Waals surface area contributed by atoms with Crippen molar-refractivity contribution in [2.45, 2.75) is 39.3 Å².